The fourth-order valence-electron chi connectivity index (χ4n) is 4.73. The molecular formula is C29H27F3N6O2. The van der Waals surface area contributed by atoms with Gasteiger partial charge < -0.3 is 20.9 Å². The highest BCUT2D eigenvalue weighted by atomic mass is 19.4. The van der Waals surface area contributed by atoms with E-state index in [4.69, 9.17) is 5.73 Å². The van der Waals surface area contributed by atoms with Crippen LogP contribution in [-0.4, -0.2) is 64.8 Å². The van der Waals surface area contributed by atoms with Crippen LogP contribution in [0.3, 0.4) is 0 Å². The van der Waals surface area contributed by atoms with E-state index in [1.165, 1.54) is 11.0 Å². The van der Waals surface area contributed by atoms with E-state index in [0.29, 0.717) is 42.8 Å². The van der Waals surface area contributed by atoms with Crippen LogP contribution in [0.4, 0.5) is 24.8 Å². The molecule has 206 valence electrons. The summed E-state index contributed by atoms with van der Waals surface area (Å²) < 4.78 is 42.2. The quantitative estimate of drug-likeness (QED) is 0.378. The molecule has 5 rings (SSSR count). The molecule has 0 saturated carbocycles. The molecule has 0 unspecified atom stereocenters. The van der Waals surface area contributed by atoms with Gasteiger partial charge in [-0.25, -0.2) is 9.97 Å². The number of hydrogen-bond donors (Lipinski definition) is 2. The molecule has 2 heterocycles. The van der Waals surface area contributed by atoms with Crippen molar-refractivity contribution in [3.63, 3.8) is 0 Å². The van der Waals surface area contributed by atoms with Crippen LogP contribution >= 0.6 is 0 Å². The normalized spacial score (nSPS) is 14.4. The average molecular weight is 549 g/mol. The van der Waals surface area contributed by atoms with Gasteiger partial charge in [-0.15, -0.1) is 0 Å². The maximum Gasteiger partial charge on any atom is 0.417 e. The smallest absolute Gasteiger partial charge is 0.368 e. The summed E-state index contributed by atoms with van der Waals surface area (Å²) in [5, 5.41) is 3.30. The van der Waals surface area contributed by atoms with Crippen molar-refractivity contribution >= 4 is 34.4 Å². The first kappa shape index (κ1) is 27.1. The van der Waals surface area contributed by atoms with Gasteiger partial charge in [-0.1, -0.05) is 23.8 Å². The molecule has 1 aliphatic rings. The first-order valence-electron chi connectivity index (χ1n) is 12.6. The average Bonchev–Trinajstić information content (AvgIpc) is 2.92. The number of nitrogens with one attached hydrogen (secondary N) is 1. The molecule has 2 amide bonds. The molecule has 0 aliphatic carbocycles. The monoisotopic (exact) mass is 548 g/mol. The molecule has 4 aromatic rings. The molecule has 1 saturated heterocycles. The summed E-state index contributed by atoms with van der Waals surface area (Å²) in [6.07, 6.45) is -3.20. The van der Waals surface area contributed by atoms with E-state index in [0.717, 1.165) is 23.1 Å². The Morgan fingerprint density at radius 1 is 0.950 bits per heavy atom. The van der Waals surface area contributed by atoms with Gasteiger partial charge in [0, 0.05) is 49.0 Å². The van der Waals surface area contributed by atoms with Crippen molar-refractivity contribution in [2.45, 2.75) is 13.1 Å². The number of benzene rings is 3. The largest absolute Gasteiger partial charge is 0.417 e. The summed E-state index contributed by atoms with van der Waals surface area (Å²) in [6, 6.07) is 13.8. The Balaban J connectivity index is 1.46. The third kappa shape index (κ3) is 5.59. The zero-order chi connectivity index (χ0) is 28.6. The van der Waals surface area contributed by atoms with Crippen LogP contribution in [0.25, 0.3) is 22.0 Å². The SMILES string of the molecule is Cc1ccc(C(=O)Nc2ccc(C(=O)N3CCN(C)CC3)c(C(F)(F)F)c2)c(-c2ccc3nc(N)ncc3c2)c1. The number of aromatic nitrogens is 2. The lowest BCUT2D eigenvalue weighted by Gasteiger charge is -2.33. The third-order valence-corrected chi connectivity index (χ3v) is 6.93. The molecule has 40 heavy (non-hydrogen) atoms. The van der Waals surface area contributed by atoms with Gasteiger partial charge in [0.15, 0.2) is 0 Å². The van der Waals surface area contributed by atoms with Gasteiger partial charge in [-0.2, -0.15) is 13.2 Å². The van der Waals surface area contributed by atoms with E-state index in [1.807, 2.05) is 31.0 Å². The molecule has 1 fully saturated rings. The van der Waals surface area contributed by atoms with Crippen LogP contribution in [0.1, 0.15) is 31.8 Å². The number of nitrogen functional groups attached to an aromatic ring is 1. The molecule has 0 bridgehead atoms. The number of carbonyl (C=O) groups is 2. The van der Waals surface area contributed by atoms with Crippen LogP contribution in [0.15, 0.2) is 60.8 Å². The minimum atomic E-state index is -4.79. The van der Waals surface area contributed by atoms with E-state index in [2.05, 4.69) is 15.3 Å². The Labute approximate surface area is 228 Å². The predicted molar refractivity (Wildman–Crippen MR) is 147 cm³/mol. The van der Waals surface area contributed by atoms with Gasteiger partial charge >= 0.3 is 6.18 Å². The highest BCUT2D eigenvalue weighted by molar-refractivity contribution is 6.09. The predicted octanol–water partition coefficient (Wildman–Crippen LogP) is 4.85. The number of nitrogens with zero attached hydrogens (tertiary/aromatic N) is 4. The molecule has 0 radical (unpaired) electrons. The molecule has 3 N–H and O–H groups in total. The highest BCUT2D eigenvalue weighted by Gasteiger charge is 2.37. The highest BCUT2D eigenvalue weighted by Crippen LogP contribution is 2.35. The fraction of sp³-hybridized carbons (Fsp3) is 0.241. The summed E-state index contributed by atoms with van der Waals surface area (Å²) >= 11 is 0. The summed E-state index contributed by atoms with van der Waals surface area (Å²) in [4.78, 5) is 38.0. The van der Waals surface area contributed by atoms with Crippen molar-refractivity contribution in [2.24, 2.45) is 0 Å². The third-order valence-electron chi connectivity index (χ3n) is 6.93. The molecular weight excluding hydrogens is 521 g/mol. The van der Waals surface area contributed by atoms with E-state index < -0.39 is 29.1 Å². The number of nitrogens with two attached hydrogens (primary N) is 1. The van der Waals surface area contributed by atoms with E-state index in [1.54, 1.807) is 30.5 Å². The van der Waals surface area contributed by atoms with Crippen LogP contribution in [-0.2, 0) is 6.18 Å². The first-order chi connectivity index (χ1) is 19.0. The maximum atomic E-state index is 14.1. The first-order valence-corrected chi connectivity index (χ1v) is 12.6. The molecule has 3 aromatic carbocycles. The Morgan fingerprint density at radius 3 is 2.40 bits per heavy atom. The molecule has 11 heteroatoms. The molecule has 0 atom stereocenters. The van der Waals surface area contributed by atoms with Gasteiger partial charge in [0.25, 0.3) is 11.8 Å². The van der Waals surface area contributed by atoms with Gasteiger partial charge in [-0.3, -0.25) is 9.59 Å². The number of aryl methyl sites for hydroxylation is 1. The zero-order valence-electron chi connectivity index (χ0n) is 21.9. The van der Waals surface area contributed by atoms with Crippen LogP contribution in [0, 0.1) is 6.92 Å². The summed E-state index contributed by atoms with van der Waals surface area (Å²) in [6.45, 7) is 3.73. The second-order valence-corrected chi connectivity index (χ2v) is 9.86. The zero-order valence-corrected chi connectivity index (χ0v) is 21.9. The van der Waals surface area contributed by atoms with Crippen molar-refractivity contribution in [3.8, 4) is 11.1 Å². The fourth-order valence-corrected chi connectivity index (χ4v) is 4.73. The van der Waals surface area contributed by atoms with Gasteiger partial charge in [0.1, 0.15) is 0 Å². The standard InChI is InChI=1S/C29H27F3N6O2/c1-17-3-6-21(23(13-17)18-4-8-25-19(14-18)16-34-28(33)36-25)26(39)35-20-5-7-22(24(15-20)29(30,31)32)27(40)38-11-9-37(2)10-12-38/h3-8,13-16H,9-12H2,1-2H3,(H,35,39)(H2,33,34,36). The number of rotatable bonds is 4. The lowest BCUT2D eigenvalue weighted by Crippen LogP contribution is -2.47. The Kier molecular flexibility index (Phi) is 7.16. The molecule has 1 aliphatic heterocycles. The molecule has 8 nitrogen and oxygen atoms in total. The number of carbonyl (C=O) groups excluding carboxylic acids is 2. The van der Waals surface area contributed by atoms with Crippen molar-refractivity contribution < 1.29 is 22.8 Å². The van der Waals surface area contributed by atoms with Crippen molar-refractivity contribution in [1.82, 2.24) is 19.8 Å². The minimum absolute atomic E-state index is 0.0684. The maximum absolute atomic E-state index is 14.1. The van der Waals surface area contributed by atoms with Gasteiger partial charge in [0.2, 0.25) is 5.95 Å². The second-order valence-electron chi connectivity index (χ2n) is 9.86. The molecule has 1 aromatic heterocycles. The van der Waals surface area contributed by atoms with Crippen LogP contribution < -0.4 is 11.1 Å². The Hall–Kier alpha value is -4.51. The van der Waals surface area contributed by atoms with Crippen molar-refractivity contribution in [1.29, 1.82) is 0 Å². The summed E-state index contributed by atoms with van der Waals surface area (Å²) in [7, 11) is 1.89. The van der Waals surface area contributed by atoms with Crippen molar-refractivity contribution in [3.05, 3.63) is 83.0 Å². The number of amides is 2. The van der Waals surface area contributed by atoms with Gasteiger partial charge in [-0.05, 0) is 61.5 Å². The van der Waals surface area contributed by atoms with E-state index in [-0.39, 0.29) is 17.2 Å². The number of likely N-dealkylation sites (N-methyl/N-ethyl adjacent to an activating group) is 1. The topological polar surface area (TPSA) is 104 Å². The lowest BCUT2D eigenvalue weighted by atomic mass is 9.96. The molecule has 0 spiro atoms. The van der Waals surface area contributed by atoms with Crippen LogP contribution in [0.2, 0.25) is 0 Å². The number of halogens is 3. The summed E-state index contributed by atoms with van der Waals surface area (Å²) in [5.74, 6) is -1.12. The van der Waals surface area contributed by atoms with Crippen LogP contribution in [0.5, 0.6) is 0 Å². The minimum Gasteiger partial charge on any atom is -0.368 e. The number of piperazine rings is 1. The number of alkyl halides is 3. The lowest BCUT2D eigenvalue weighted by molar-refractivity contribution is -0.138. The number of hydrogen-bond acceptors (Lipinski definition) is 6. The van der Waals surface area contributed by atoms with E-state index >= 15 is 0 Å². The van der Waals surface area contributed by atoms with E-state index in [9.17, 15) is 22.8 Å². The Bertz CT molecular complexity index is 1610. The van der Waals surface area contributed by atoms with Gasteiger partial charge in [0.05, 0.1) is 16.6 Å². The number of fused-ring (bicyclic) bond motifs is 1. The summed E-state index contributed by atoms with van der Waals surface area (Å²) in [5.41, 5.74) is 7.17. The number of anilines is 2. The second kappa shape index (κ2) is 10.6. The van der Waals surface area contributed by atoms with Crippen molar-refractivity contribution in [2.75, 3.05) is 44.3 Å². The Morgan fingerprint density at radius 2 is 1.68 bits per heavy atom.